The third kappa shape index (κ3) is 11.1. The fourth-order valence-corrected chi connectivity index (χ4v) is 6.17. The number of ether oxygens (including phenoxy) is 3. The van der Waals surface area contributed by atoms with E-state index in [4.69, 9.17) is 14.2 Å². The molecule has 4 rings (SSSR count). The van der Waals surface area contributed by atoms with E-state index in [1.54, 1.807) is 36.4 Å². The molecule has 0 N–H and O–H groups in total. The fraction of sp³-hybridized carbons (Fsp3) is 0.550. The molecule has 0 spiro atoms. The molecule has 1 saturated heterocycles. The summed E-state index contributed by atoms with van der Waals surface area (Å²) in [5, 5.41) is 0. The van der Waals surface area contributed by atoms with E-state index in [1.165, 1.54) is 50.7 Å². The van der Waals surface area contributed by atoms with Crippen molar-refractivity contribution in [3.63, 3.8) is 0 Å². The average molecular weight is 657 g/mol. The van der Waals surface area contributed by atoms with Crippen molar-refractivity contribution in [3.8, 4) is 28.0 Å². The Labute approximate surface area is 279 Å². The van der Waals surface area contributed by atoms with Gasteiger partial charge in [0.1, 0.15) is 0 Å². The van der Waals surface area contributed by atoms with Crippen LogP contribution in [0.1, 0.15) is 109 Å². The summed E-state index contributed by atoms with van der Waals surface area (Å²) in [6, 6.07) is 12.5. The molecule has 0 radical (unpaired) electrons. The zero-order valence-electron chi connectivity index (χ0n) is 28.2. The zero-order chi connectivity index (χ0) is 33.4. The van der Waals surface area contributed by atoms with Gasteiger partial charge in [0, 0.05) is 17.0 Å². The molecule has 47 heavy (non-hydrogen) atoms. The van der Waals surface area contributed by atoms with E-state index in [-0.39, 0.29) is 23.2 Å². The van der Waals surface area contributed by atoms with Crippen molar-refractivity contribution in [2.45, 2.75) is 116 Å². The summed E-state index contributed by atoms with van der Waals surface area (Å²) in [5.41, 5.74) is 1.45. The highest BCUT2D eigenvalue weighted by atomic mass is 19.2. The van der Waals surface area contributed by atoms with Gasteiger partial charge in [-0.2, -0.15) is 4.39 Å². The van der Waals surface area contributed by atoms with Crippen LogP contribution in [-0.4, -0.2) is 26.1 Å². The second-order valence-electron chi connectivity index (χ2n) is 12.9. The van der Waals surface area contributed by atoms with Crippen LogP contribution in [0.2, 0.25) is 0 Å². The number of unbranched alkanes of at least 4 members (excludes halogenated alkanes) is 9. The third-order valence-electron chi connectivity index (χ3n) is 9.11. The van der Waals surface area contributed by atoms with E-state index in [0.717, 1.165) is 51.4 Å². The smallest absolute Gasteiger partial charge is 0.201 e. The first-order valence-corrected chi connectivity index (χ1v) is 17.8. The Morgan fingerprint density at radius 2 is 1.13 bits per heavy atom. The monoisotopic (exact) mass is 656 g/mol. The van der Waals surface area contributed by atoms with E-state index < -0.39 is 23.3 Å². The Balaban J connectivity index is 1.25. The SMILES string of the molecule is CCCCCCCCCOc1ccc(-c2ccc(-c3ccc(CCCCC4COC(CCCCC)OC4)c(F)c3F)cc2)c(F)c1F. The topological polar surface area (TPSA) is 27.7 Å². The van der Waals surface area contributed by atoms with Gasteiger partial charge < -0.3 is 14.2 Å². The Kier molecular flexibility index (Phi) is 15.6. The molecule has 0 amide bonds. The molecule has 7 heteroatoms. The molecule has 0 aliphatic carbocycles. The van der Waals surface area contributed by atoms with Gasteiger partial charge in [-0.1, -0.05) is 108 Å². The van der Waals surface area contributed by atoms with Crippen molar-refractivity contribution in [2.24, 2.45) is 5.92 Å². The van der Waals surface area contributed by atoms with Crippen LogP contribution in [-0.2, 0) is 15.9 Å². The molecule has 0 bridgehead atoms. The quantitative estimate of drug-likeness (QED) is 0.0895. The standard InChI is InChI=1S/C40H52F4O3/c1-3-5-7-8-9-10-14-26-45-35-25-24-34(39(43)40(35)44)31-20-18-30(19-21-31)33-23-22-32(37(41)38(33)42)16-13-12-15-29-27-46-36(47-28-29)17-11-6-4-2/h18-25,29,36H,3-17,26-28H2,1-2H3. The maximum absolute atomic E-state index is 15.2. The zero-order valence-corrected chi connectivity index (χ0v) is 28.2. The van der Waals surface area contributed by atoms with Crippen LogP contribution in [0, 0.1) is 29.2 Å². The normalized spacial score (nSPS) is 16.5. The summed E-state index contributed by atoms with van der Waals surface area (Å²) in [6.07, 6.45) is 15.1. The summed E-state index contributed by atoms with van der Waals surface area (Å²) in [4.78, 5) is 0. The van der Waals surface area contributed by atoms with Crippen LogP contribution in [0.25, 0.3) is 22.3 Å². The Morgan fingerprint density at radius 1 is 0.574 bits per heavy atom. The van der Waals surface area contributed by atoms with Crippen molar-refractivity contribution in [3.05, 3.63) is 77.4 Å². The molecule has 3 aromatic carbocycles. The minimum Gasteiger partial charge on any atom is -0.490 e. The first-order chi connectivity index (χ1) is 22.9. The summed E-state index contributed by atoms with van der Waals surface area (Å²) in [6.45, 7) is 6.07. The van der Waals surface area contributed by atoms with Crippen molar-refractivity contribution in [1.29, 1.82) is 0 Å². The van der Waals surface area contributed by atoms with Gasteiger partial charge in [-0.15, -0.1) is 0 Å². The summed E-state index contributed by atoms with van der Waals surface area (Å²) in [7, 11) is 0. The van der Waals surface area contributed by atoms with Gasteiger partial charge in [0.2, 0.25) is 5.82 Å². The Morgan fingerprint density at radius 3 is 1.79 bits per heavy atom. The van der Waals surface area contributed by atoms with Gasteiger partial charge >= 0.3 is 0 Å². The predicted molar refractivity (Wildman–Crippen MR) is 182 cm³/mol. The molecular formula is C40H52F4O3. The molecular weight excluding hydrogens is 604 g/mol. The molecule has 3 aromatic rings. The van der Waals surface area contributed by atoms with Crippen molar-refractivity contribution in [1.82, 2.24) is 0 Å². The molecule has 1 aliphatic heterocycles. The van der Waals surface area contributed by atoms with Gasteiger partial charge in [0.25, 0.3) is 0 Å². The molecule has 1 aliphatic rings. The van der Waals surface area contributed by atoms with Crippen LogP contribution >= 0.6 is 0 Å². The van der Waals surface area contributed by atoms with Crippen LogP contribution < -0.4 is 4.74 Å². The lowest BCUT2D eigenvalue weighted by Crippen LogP contribution is -2.32. The van der Waals surface area contributed by atoms with Crippen LogP contribution in [0.4, 0.5) is 17.6 Å². The second-order valence-corrected chi connectivity index (χ2v) is 12.9. The maximum Gasteiger partial charge on any atom is 0.201 e. The lowest BCUT2D eigenvalue weighted by Gasteiger charge is -2.29. The minimum absolute atomic E-state index is 0.0810. The van der Waals surface area contributed by atoms with E-state index in [1.807, 2.05) is 0 Å². The van der Waals surface area contributed by atoms with Crippen molar-refractivity contribution < 1.29 is 31.8 Å². The van der Waals surface area contributed by atoms with Gasteiger partial charge in [-0.05, 0) is 67.3 Å². The number of hydrogen-bond donors (Lipinski definition) is 0. The highest BCUT2D eigenvalue weighted by Crippen LogP contribution is 2.33. The van der Waals surface area contributed by atoms with Gasteiger partial charge in [0.05, 0.1) is 19.8 Å². The van der Waals surface area contributed by atoms with E-state index in [2.05, 4.69) is 13.8 Å². The molecule has 0 aromatic heterocycles. The highest BCUT2D eigenvalue weighted by Gasteiger charge is 2.22. The van der Waals surface area contributed by atoms with Gasteiger partial charge in [0.15, 0.2) is 29.5 Å². The number of halogens is 4. The molecule has 0 saturated carbocycles. The number of aryl methyl sites for hydroxylation is 1. The second kappa shape index (κ2) is 19.8. The van der Waals surface area contributed by atoms with Gasteiger partial charge in [-0.3, -0.25) is 0 Å². The first-order valence-electron chi connectivity index (χ1n) is 17.8. The van der Waals surface area contributed by atoms with E-state index >= 15 is 13.2 Å². The molecule has 0 unspecified atom stereocenters. The third-order valence-corrected chi connectivity index (χ3v) is 9.11. The number of benzene rings is 3. The number of hydrogen-bond acceptors (Lipinski definition) is 3. The van der Waals surface area contributed by atoms with Crippen LogP contribution in [0.5, 0.6) is 5.75 Å². The molecule has 0 atom stereocenters. The van der Waals surface area contributed by atoms with E-state index in [0.29, 0.717) is 48.8 Å². The fourth-order valence-electron chi connectivity index (χ4n) is 6.17. The first kappa shape index (κ1) is 36.9. The number of rotatable bonds is 20. The molecule has 1 heterocycles. The van der Waals surface area contributed by atoms with Crippen molar-refractivity contribution >= 4 is 0 Å². The Bertz CT molecular complexity index is 1350. The lowest BCUT2D eigenvalue weighted by atomic mass is 9.96. The Hall–Kier alpha value is -2.90. The predicted octanol–water partition coefficient (Wildman–Crippen LogP) is 12.0. The summed E-state index contributed by atoms with van der Waals surface area (Å²) >= 11 is 0. The maximum atomic E-state index is 15.2. The van der Waals surface area contributed by atoms with Crippen LogP contribution in [0.15, 0.2) is 48.5 Å². The van der Waals surface area contributed by atoms with Crippen molar-refractivity contribution in [2.75, 3.05) is 19.8 Å². The lowest BCUT2D eigenvalue weighted by molar-refractivity contribution is -0.204. The molecule has 3 nitrogen and oxygen atoms in total. The molecule has 258 valence electrons. The molecule has 1 fully saturated rings. The summed E-state index contributed by atoms with van der Waals surface area (Å²) in [5.74, 6) is -3.53. The largest absolute Gasteiger partial charge is 0.490 e. The van der Waals surface area contributed by atoms with E-state index in [9.17, 15) is 4.39 Å². The van der Waals surface area contributed by atoms with Gasteiger partial charge in [-0.25, -0.2) is 13.2 Å². The highest BCUT2D eigenvalue weighted by molar-refractivity contribution is 5.71. The average Bonchev–Trinajstić information content (AvgIpc) is 3.09. The summed E-state index contributed by atoms with van der Waals surface area (Å²) < 4.78 is 77.3. The minimum atomic E-state index is -1.02. The van der Waals surface area contributed by atoms with Crippen LogP contribution in [0.3, 0.4) is 0 Å².